The van der Waals surface area contributed by atoms with Gasteiger partial charge in [-0.1, -0.05) is 197 Å². The van der Waals surface area contributed by atoms with Gasteiger partial charge in [0.25, 0.3) is 0 Å². The molecule has 0 atom stereocenters. The van der Waals surface area contributed by atoms with Crippen LogP contribution in [-0.4, -0.2) is 7.05 Å². The van der Waals surface area contributed by atoms with Crippen molar-refractivity contribution in [3.05, 3.63) is 127 Å². The van der Waals surface area contributed by atoms with Crippen molar-refractivity contribution in [1.82, 2.24) is 5.32 Å². The van der Waals surface area contributed by atoms with E-state index in [2.05, 4.69) is 171 Å². The van der Waals surface area contributed by atoms with Gasteiger partial charge in [-0.2, -0.15) is 0 Å². The highest BCUT2D eigenvalue weighted by Gasteiger charge is 2.20. The molecule has 1 aromatic rings. The zero-order valence-electron chi connectivity index (χ0n) is 40.2. The van der Waals surface area contributed by atoms with E-state index in [0.717, 1.165) is 12.3 Å². The number of allylic oxidation sites excluding steroid dienone is 10. The summed E-state index contributed by atoms with van der Waals surface area (Å²) in [7, 11) is 1.81. The van der Waals surface area contributed by atoms with Crippen LogP contribution in [0.1, 0.15) is 204 Å². The van der Waals surface area contributed by atoms with Gasteiger partial charge in [-0.3, -0.25) is 0 Å². The van der Waals surface area contributed by atoms with Crippen molar-refractivity contribution in [3.8, 4) is 0 Å². The predicted molar refractivity (Wildman–Crippen MR) is 264 cm³/mol. The van der Waals surface area contributed by atoms with Gasteiger partial charge in [-0.05, 0) is 135 Å². The molecule has 1 nitrogen and oxygen atoms in total. The lowest BCUT2D eigenvalue weighted by atomic mass is 10.0. The molecule has 1 N–H and O–H groups in total. The summed E-state index contributed by atoms with van der Waals surface area (Å²) >= 11 is 0. The predicted octanol–water partition coefficient (Wildman–Crippen LogP) is 19.0. The average molecular weight is 762 g/mol. The zero-order chi connectivity index (χ0) is 43.7. The fourth-order valence-corrected chi connectivity index (χ4v) is 3.62. The van der Waals surface area contributed by atoms with Crippen LogP contribution in [0.5, 0.6) is 0 Å². The van der Waals surface area contributed by atoms with Gasteiger partial charge in [0.2, 0.25) is 0 Å². The summed E-state index contributed by atoms with van der Waals surface area (Å²) in [6, 6.07) is 8.84. The average Bonchev–Trinajstić information content (AvgIpc) is 4.06. The van der Waals surface area contributed by atoms with Crippen LogP contribution in [0.25, 0.3) is 5.57 Å². The lowest BCUT2D eigenvalue weighted by molar-refractivity contribution is 0.772. The molecular weight excluding hydrogens is 663 g/mol. The first kappa shape index (κ1) is 63.9. The normalized spacial score (nSPS) is 10.6. The Hall–Kier alpha value is -3.06. The molecule has 55 heavy (non-hydrogen) atoms. The second-order valence-electron chi connectivity index (χ2n) is 14.4. The summed E-state index contributed by atoms with van der Waals surface area (Å²) in [5.74, 6) is 0.907. The van der Waals surface area contributed by atoms with Crippen molar-refractivity contribution in [3.63, 3.8) is 0 Å². The highest BCUT2D eigenvalue weighted by Crippen LogP contribution is 2.34. The monoisotopic (exact) mass is 762 g/mol. The Kier molecular flexibility index (Phi) is 64.2. The first-order valence-electron chi connectivity index (χ1n) is 22.0. The summed E-state index contributed by atoms with van der Waals surface area (Å²) in [5.41, 5.74) is 9.48. The molecule has 0 aliphatic heterocycles. The van der Waals surface area contributed by atoms with Crippen molar-refractivity contribution in [1.29, 1.82) is 0 Å². The number of hydrogen-bond acceptors (Lipinski definition) is 1. The van der Waals surface area contributed by atoms with Gasteiger partial charge in [0, 0.05) is 7.05 Å². The van der Waals surface area contributed by atoms with Crippen LogP contribution >= 0.6 is 0 Å². The van der Waals surface area contributed by atoms with E-state index in [4.69, 9.17) is 0 Å². The lowest BCUT2D eigenvalue weighted by Gasteiger charge is -2.04. The van der Waals surface area contributed by atoms with Gasteiger partial charge >= 0.3 is 0 Å². The van der Waals surface area contributed by atoms with Crippen molar-refractivity contribution in [2.24, 2.45) is 5.92 Å². The molecule has 0 saturated heterocycles. The van der Waals surface area contributed by atoms with Gasteiger partial charge in [0.15, 0.2) is 0 Å². The minimum absolute atomic E-state index is 0.907. The second kappa shape index (κ2) is 55.3. The van der Waals surface area contributed by atoms with Gasteiger partial charge in [-0.25, -0.2) is 0 Å². The van der Waals surface area contributed by atoms with Crippen LogP contribution in [0.3, 0.4) is 0 Å². The highest BCUT2D eigenvalue weighted by atomic mass is 14.8. The molecule has 1 heteroatoms. The van der Waals surface area contributed by atoms with E-state index in [1.54, 1.807) is 6.20 Å². The van der Waals surface area contributed by atoms with Gasteiger partial charge in [0.05, 0.1) is 0 Å². The van der Waals surface area contributed by atoms with Crippen molar-refractivity contribution in [2.45, 2.75) is 200 Å². The Balaban J connectivity index is -0.000000130. The maximum atomic E-state index is 4.04. The molecule has 0 unspecified atom stereocenters. The number of benzene rings is 1. The lowest BCUT2D eigenvalue weighted by Crippen LogP contribution is -1.87. The van der Waals surface area contributed by atoms with Crippen LogP contribution in [0.2, 0.25) is 0 Å². The third kappa shape index (κ3) is 69.4. The first-order chi connectivity index (χ1) is 26.2. The molecule has 0 amide bonds. The number of unbranched alkanes of at least 4 members (excludes halogenated alkanes) is 6. The highest BCUT2D eigenvalue weighted by molar-refractivity contribution is 5.63. The Bertz CT molecular complexity index is 1050. The molecule has 1 aliphatic rings. The zero-order valence-corrected chi connectivity index (χ0v) is 40.2. The molecule has 0 bridgehead atoms. The van der Waals surface area contributed by atoms with Gasteiger partial charge in [-0.15, -0.1) is 6.58 Å². The molecule has 1 aromatic carbocycles. The Morgan fingerprint density at radius 3 is 1.38 bits per heavy atom. The van der Waals surface area contributed by atoms with Crippen LogP contribution in [-0.2, 0) is 6.42 Å². The van der Waals surface area contributed by atoms with E-state index in [-0.39, 0.29) is 0 Å². The Morgan fingerprint density at radius 1 is 0.691 bits per heavy atom. The fraction of sp³-hybridized carbons (Fsp3) is 0.593. The maximum Gasteiger partial charge on any atom is 0.00275 e. The first-order valence-corrected chi connectivity index (χ1v) is 22.0. The molecule has 1 fully saturated rings. The molecule has 1 saturated carbocycles. The SMILES string of the molecule is C/C=C(\C)CC.C=C(C)C1CC1.C=C(C)CCCC.C=C(CC)c1ccc(CCCC)cc1.C=C/C=C/CCCC.C=CNC.CC=C(C)C.CCCCC. The molecule has 2 rings (SSSR count). The largest absolute Gasteiger partial charge is 0.394 e. The summed E-state index contributed by atoms with van der Waals surface area (Å²) in [4.78, 5) is 0. The standard InChI is InChI=1S/C14H20.C8H14.C7H14.C6H10.C6H12.C5H10.C5H12.C3H7N/c1-4-6-7-13-8-10-14(11-9-13)12(3)5-2;1-3-5-7-8-6-4-2;1-4-5-6-7(2)3;1-5(2)6-3-4-6;1-4-6(3)5-2;1-4-5(2)3;1-3-5-4-2;1-3-4-2/h8-11H,3-7H2,1-2H3;3,5,7H,1,4,6,8H2,2H3;2,4-6H2,1,3H3;6H,1,3-4H2,2H3;4H,5H2,1-3H3;4H,1-3H3;3-5H2,1-2H3;3-4H,1H2,2H3/b;7-5+;;;6-4+;;;. The second-order valence-corrected chi connectivity index (χ2v) is 14.4. The number of aryl methyl sites for hydroxylation is 1. The summed E-state index contributed by atoms with van der Waals surface area (Å²) in [6.07, 6.45) is 32.2. The van der Waals surface area contributed by atoms with E-state index in [9.17, 15) is 0 Å². The maximum absolute atomic E-state index is 4.04. The van der Waals surface area contributed by atoms with Crippen LogP contribution in [0.4, 0.5) is 0 Å². The van der Waals surface area contributed by atoms with Crippen molar-refractivity contribution >= 4 is 5.57 Å². The minimum atomic E-state index is 0.907. The minimum Gasteiger partial charge on any atom is -0.394 e. The molecule has 320 valence electrons. The molecule has 0 heterocycles. The summed E-state index contributed by atoms with van der Waals surface area (Å²) < 4.78 is 0. The molecular formula is C54H99N. The molecule has 0 aromatic heterocycles. The van der Waals surface area contributed by atoms with E-state index in [0.29, 0.717) is 0 Å². The van der Waals surface area contributed by atoms with Crippen LogP contribution in [0, 0.1) is 5.92 Å². The van der Waals surface area contributed by atoms with Gasteiger partial charge in [0.1, 0.15) is 0 Å². The smallest absolute Gasteiger partial charge is 0.00275 e. The van der Waals surface area contributed by atoms with E-state index < -0.39 is 0 Å². The molecule has 1 aliphatic carbocycles. The third-order valence-corrected chi connectivity index (χ3v) is 8.37. The number of rotatable bonds is 17. The van der Waals surface area contributed by atoms with E-state index in [1.165, 1.54) is 135 Å². The van der Waals surface area contributed by atoms with E-state index in [1.807, 2.05) is 26.1 Å². The number of hydrogen-bond donors (Lipinski definition) is 1. The summed E-state index contributed by atoms with van der Waals surface area (Å²) in [5, 5.41) is 2.69. The molecule has 0 radical (unpaired) electrons. The Morgan fingerprint density at radius 2 is 1.16 bits per heavy atom. The molecule has 0 spiro atoms. The van der Waals surface area contributed by atoms with Gasteiger partial charge < -0.3 is 5.32 Å². The van der Waals surface area contributed by atoms with Crippen LogP contribution in [0.15, 0.2) is 116 Å². The fourth-order valence-electron chi connectivity index (χ4n) is 3.62. The quantitative estimate of drug-likeness (QED) is 0.0947. The Labute approximate surface area is 349 Å². The van der Waals surface area contributed by atoms with Crippen molar-refractivity contribution in [2.75, 3.05) is 7.05 Å². The van der Waals surface area contributed by atoms with Crippen LogP contribution < -0.4 is 5.32 Å². The summed E-state index contributed by atoms with van der Waals surface area (Å²) in [6.45, 7) is 48.5. The third-order valence-electron chi connectivity index (χ3n) is 8.37. The van der Waals surface area contributed by atoms with Crippen molar-refractivity contribution < 1.29 is 0 Å². The number of nitrogens with one attached hydrogen (secondary N) is 1. The van der Waals surface area contributed by atoms with E-state index >= 15 is 0 Å². The topological polar surface area (TPSA) is 12.0 Å².